The third kappa shape index (κ3) is 4.81. The molecule has 0 saturated carbocycles. The molecule has 142 valence electrons. The highest BCUT2D eigenvalue weighted by Gasteiger charge is 2.12. The summed E-state index contributed by atoms with van der Waals surface area (Å²) in [6.07, 6.45) is 0. The number of rotatable bonds is 6. The number of nitrogens with zero attached hydrogens (tertiary/aromatic N) is 1. The number of carbonyl (C=O) groups is 2. The Kier molecular flexibility index (Phi) is 6.14. The molecule has 0 unspecified atom stereocenters. The molecule has 6 heteroatoms. The Morgan fingerprint density at radius 2 is 1.64 bits per heavy atom. The number of aryl methyl sites for hydroxylation is 1. The van der Waals surface area contributed by atoms with E-state index >= 15 is 0 Å². The van der Waals surface area contributed by atoms with Crippen LogP contribution in [-0.2, 0) is 9.53 Å². The van der Waals surface area contributed by atoms with Gasteiger partial charge in [0.05, 0.1) is 17.0 Å². The summed E-state index contributed by atoms with van der Waals surface area (Å²) in [5.41, 5.74) is 4.10. The van der Waals surface area contributed by atoms with Gasteiger partial charge in [-0.2, -0.15) is 0 Å². The number of anilines is 2. The standard InChI is InChI=1S/C22H21N3O3/c1-15-19(11-12-20(23-15)16-7-4-3-5-8-16)22(27)25-18-10-6-9-17(13-18)24-21(26)14-28-2/h3-13H,14H2,1-2H3,(H,24,26)(H,25,27). The normalized spacial score (nSPS) is 10.4. The smallest absolute Gasteiger partial charge is 0.257 e. The largest absolute Gasteiger partial charge is 0.375 e. The van der Waals surface area contributed by atoms with Gasteiger partial charge in [-0.15, -0.1) is 0 Å². The average molecular weight is 375 g/mol. The van der Waals surface area contributed by atoms with Crippen LogP contribution in [0, 0.1) is 6.92 Å². The number of amides is 2. The highest BCUT2D eigenvalue weighted by Crippen LogP contribution is 2.20. The Bertz CT molecular complexity index is 987. The van der Waals surface area contributed by atoms with E-state index in [1.54, 1.807) is 30.3 Å². The van der Waals surface area contributed by atoms with Crippen molar-refractivity contribution in [1.29, 1.82) is 0 Å². The minimum Gasteiger partial charge on any atom is -0.375 e. The SMILES string of the molecule is COCC(=O)Nc1cccc(NC(=O)c2ccc(-c3ccccc3)nc2C)c1. The number of methoxy groups -OCH3 is 1. The highest BCUT2D eigenvalue weighted by molar-refractivity contribution is 6.05. The molecule has 0 aliphatic heterocycles. The number of carbonyl (C=O) groups excluding carboxylic acids is 2. The van der Waals surface area contributed by atoms with E-state index < -0.39 is 0 Å². The van der Waals surface area contributed by atoms with Gasteiger partial charge in [-0.05, 0) is 37.3 Å². The molecule has 0 saturated heterocycles. The van der Waals surface area contributed by atoms with Crippen LogP contribution in [0.4, 0.5) is 11.4 Å². The molecule has 0 radical (unpaired) electrons. The lowest BCUT2D eigenvalue weighted by Gasteiger charge is -2.11. The van der Waals surface area contributed by atoms with Gasteiger partial charge in [0.25, 0.3) is 5.91 Å². The number of ether oxygens (including phenoxy) is 1. The maximum atomic E-state index is 12.7. The first kappa shape index (κ1) is 19.3. The summed E-state index contributed by atoms with van der Waals surface area (Å²) in [5.74, 6) is -0.521. The van der Waals surface area contributed by atoms with Crippen LogP contribution in [0.1, 0.15) is 16.1 Å². The molecule has 2 aromatic carbocycles. The summed E-state index contributed by atoms with van der Waals surface area (Å²) in [6, 6.07) is 20.3. The maximum absolute atomic E-state index is 12.7. The quantitative estimate of drug-likeness (QED) is 0.685. The molecule has 0 aliphatic carbocycles. The molecule has 28 heavy (non-hydrogen) atoms. The molecule has 1 aromatic heterocycles. The first-order valence-electron chi connectivity index (χ1n) is 8.80. The van der Waals surface area contributed by atoms with E-state index in [1.165, 1.54) is 7.11 Å². The van der Waals surface area contributed by atoms with Crippen LogP contribution in [0.5, 0.6) is 0 Å². The molecule has 0 bridgehead atoms. The number of hydrogen-bond acceptors (Lipinski definition) is 4. The Labute approximate surface area is 163 Å². The van der Waals surface area contributed by atoms with E-state index in [1.807, 2.05) is 43.3 Å². The molecular formula is C22H21N3O3. The van der Waals surface area contributed by atoms with E-state index in [0.29, 0.717) is 22.6 Å². The van der Waals surface area contributed by atoms with Crippen LogP contribution < -0.4 is 10.6 Å². The van der Waals surface area contributed by atoms with E-state index in [-0.39, 0.29) is 18.4 Å². The van der Waals surface area contributed by atoms with Crippen molar-refractivity contribution < 1.29 is 14.3 Å². The van der Waals surface area contributed by atoms with E-state index in [4.69, 9.17) is 4.74 Å². The van der Waals surface area contributed by atoms with Gasteiger partial charge in [-0.3, -0.25) is 14.6 Å². The summed E-state index contributed by atoms with van der Waals surface area (Å²) in [5, 5.41) is 5.55. The first-order valence-corrected chi connectivity index (χ1v) is 8.80. The van der Waals surface area contributed by atoms with Crippen LogP contribution in [0.3, 0.4) is 0 Å². The zero-order valence-electron chi connectivity index (χ0n) is 15.7. The van der Waals surface area contributed by atoms with E-state index in [9.17, 15) is 9.59 Å². The fourth-order valence-electron chi connectivity index (χ4n) is 2.77. The second-order valence-corrected chi connectivity index (χ2v) is 6.21. The maximum Gasteiger partial charge on any atom is 0.257 e. The number of benzene rings is 2. The lowest BCUT2D eigenvalue weighted by atomic mass is 10.1. The minimum atomic E-state index is -0.262. The highest BCUT2D eigenvalue weighted by atomic mass is 16.5. The van der Waals surface area contributed by atoms with Crippen molar-refractivity contribution in [3.05, 3.63) is 78.0 Å². The van der Waals surface area contributed by atoms with Crippen LogP contribution in [0.2, 0.25) is 0 Å². The zero-order valence-corrected chi connectivity index (χ0v) is 15.7. The third-order valence-corrected chi connectivity index (χ3v) is 4.08. The predicted molar refractivity (Wildman–Crippen MR) is 109 cm³/mol. The van der Waals surface area contributed by atoms with Crippen molar-refractivity contribution in [1.82, 2.24) is 4.98 Å². The van der Waals surface area contributed by atoms with Crippen molar-refractivity contribution >= 4 is 23.2 Å². The number of hydrogen-bond donors (Lipinski definition) is 2. The Balaban J connectivity index is 1.74. The molecule has 3 rings (SSSR count). The number of nitrogens with one attached hydrogen (secondary N) is 2. The molecule has 0 aliphatic rings. The molecule has 0 fully saturated rings. The number of aromatic nitrogens is 1. The van der Waals surface area contributed by atoms with Crippen LogP contribution in [0.15, 0.2) is 66.7 Å². The Morgan fingerprint density at radius 1 is 0.929 bits per heavy atom. The summed E-state index contributed by atoms with van der Waals surface area (Å²) >= 11 is 0. The Hall–Kier alpha value is -3.51. The fraction of sp³-hybridized carbons (Fsp3) is 0.136. The second-order valence-electron chi connectivity index (χ2n) is 6.21. The summed E-state index contributed by atoms with van der Waals surface area (Å²) < 4.78 is 4.79. The van der Waals surface area contributed by atoms with Crippen molar-refractivity contribution in [2.24, 2.45) is 0 Å². The van der Waals surface area contributed by atoms with E-state index in [0.717, 1.165) is 11.3 Å². The number of pyridine rings is 1. The lowest BCUT2D eigenvalue weighted by Crippen LogP contribution is -2.17. The third-order valence-electron chi connectivity index (χ3n) is 4.08. The van der Waals surface area contributed by atoms with Gasteiger partial charge in [0.2, 0.25) is 5.91 Å². The average Bonchev–Trinajstić information content (AvgIpc) is 2.69. The van der Waals surface area contributed by atoms with Gasteiger partial charge in [-0.25, -0.2) is 0 Å². The zero-order chi connectivity index (χ0) is 19.9. The molecule has 6 nitrogen and oxygen atoms in total. The topological polar surface area (TPSA) is 80.3 Å². The van der Waals surface area contributed by atoms with Gasteiger partial charge in [0, 0.05) is 24.0 Å². The van der Waals surface area contributed by atoms with Gasteiger partial charge < -0.3 is 15.4 Å². The van der Waals surface area contributed by atoms with Crippen LogP contribution in [0.25, 0.3) is 11.3 Å². The van der Waals surface area contributed by atoms with Gasteiger partial charge in [0.15, 0.2) is 0 Å². The molecule has 2 N–H and O–H groups in total. The second kappa shape index (κ2) is 8.92. The van der Waals surface area contributed by atoms with Crippen LogP contribution in [-0.4, -0.2) is 30.5 Å². The predicted octanol–water partition coefficient (Wildman–Crippen LogP) is 3.89. The summed E-state index contributed by atoms with van der Waals surface area (Å²) in [4.78, 5) is 28.8. The lowest BCUT2D eigenvalue weighted by molar-refractivity contribution is -0.119. The molecule has 0 spiro atoms. The van der Waals surface area contributed by atoms with Crippen molar-refractivity contribution in [3.8, 4) is 11.3 Å². The minimum absolute atomic E-state index is 0.0325. The van der Waals surface area contributed by atoms with Crippen molar-refractivity contribution in [2.45, 2.75) is 6.92 Å². The summed E-state index contributed by atoms with van der Waals surface area (Å²) in [6.45, 7) is 1.78. The van der Waals surface area contributed by atoms with Gasteiger partial charge in [-0.1, -0.05) is 36.4 Å². The first-order chi connectivity index (χ1) is 13.6. The molecule has 3 aromatic rings. The van der Waals surface area contributed by atoms with E-state index in [2.05, 4.69) is 15.6 Å². The van der Waals surface area contributed by atoms with Gasteiger partial charge >= 0.3 is 0 Å². The molecular weight excluding hydrogens is 354 g/mol. The molecule has 1 heterocycles. The van der Waals surface area contributed by atoms with Crippen molar-refractivity contribution in [2.75, 3.05) is 24.4 Å². The Morgan fingerprint density at radius 3 is 2.32 bits per heavy atom. The molecule has 0 atom stereocenters. The van der Waals surface area contributed by atoms with Gasteiger partial charge in [0.1, 0.15) is 6.61 Å². The fourth-order valence-corrected chi connectivity index (χ4v) is 2.77. The van der Waals surface area contributed by atoms with Crippen LogP contribution >= 0.6 is 0 Å². The van der Waals surface area contributed by atoms with Crippen molar-refractivity contribution in [3.63, 3.8) is 0 Å². The molecule has 2 amide bonds. The monoisotopic (exact) mass is 375 g/mol. The summed E-state index contributed by atoms with van der Waals surface area (Å²) in [7, 11) is 1.45.